The Morgan fingerprint density at radius 1 is 1.25 bits per heavy atom. The highest BCUT2D eigenvalue weighted by molar-refractivity contribution is 5.22. The fourth-order valence-corrected chi connectivity index (χ4v) is 3.17. The lowest BCUT2D eigenvalue weighted by Gasteiger charge is -2.16. The van der Waals surface area contributed by atoms with E-state index in [1.54, 1.807) is 0 Å². The van der Waals surface area contributed by atoms with E-state index in [0.29, 0.717) is 11.8 Å². The SMILES string of the molecule is Cn1cncc1CN1C[C@@H](CN)[C@H](c2ccccc2)C1. The second-order valence-electron chi connectivity index (χ2n) is 5.70. The van der Waals surface area contributed by atoms with Crippen LogP contribution in [-0.4, -0.2) is 34.1 Å². The van der Waals surface area contributed by atoms with Crippen molar-refractivity contribution in [3.63, 3.8) is 0 Å². The van der Waals surface area contributed by atoms with E-state index in [1.165, 1.54) is 11.3 Å². The van der Waals surface area contributed by atoms with Crippen molar-refractivity contribution in [1.29, 1.82) is 0 Å². The van der Waals surface area contributed by atoms with Crippen LogP contribution in [0.5, 0.6) is 0 Å². The maximum absolute atomic E-state index is 5.98. The summed E-state index contributed by atoms with van der Waals surface area (Å²) in [6.45, 7) is 3.86. The minimum Gasteiger partial charge on any atom is -0.337 e. The molecular weight excluding hydrogens is 248 g/mol. The number of imidazole rings is 1. The summed E-state index contributed by atoms with van der Waals surface area (Å²) >= 11 is 0. The third kappa shape index (κ3) is 2.62. The van der Waals surface area contributed by atoms with E-state index in [-0.39, 0.29) is 0 Å². The molecule has 20 heavy (non-hydrogen) atoms. The van der Waals surface area contributed by atoms with Crippen molar-refractivity contribution in [3.8, 4) is 0 Å². The molecule has 0 bridgehead atoms. The number of hydrogen-bond donors (Lipinski definition) is 1. The molecule has 0 radical (unpaired) electrons. The predicted octanol–water partition coefficient (Wildman–Crippen LogP) is 1.59. The van der Waals surface area contributed by atoms with Gasteiger partial charge in [-0.05, 0) is 18.0 Å². The molecule has 2 N–H and O–H groups in total. The van der Waals surface area contributed by atoms with E-state index in [2.05, 4.69) is 44.8 Å². The molecule has 0 unspecified atom stereocenters. The highest BCUT2D eigenvalue weighted by atomic mass is 15.2. The second-order valence-corrected chi connectivity index (χ2v) is 5.70. The van der Waals surface area contributed by atoms with Crippen molar-refractivity contribution < 1.29 is 0 Å². The van der Waals surface area contributed by atoms with Crippen LogP contribution in [0.2, 0.25) is 0 Å². The summed E-state index contributed by atoms with van der Waals surface area (Å²) in [5.41, 5.74) is 8.65. The standard InChI is InChI=1S/C16H22N4/c1-19-12-18-8-15(19)10-20-9-14(7-17)16(11-20)13-5-3-2-4-6-13/h2-6,8,12,14,16H,7,9-11,17H2,1H3/t14-,16+/m1/s1. The lowest BCUT2D eigenvalue weighted by Crippen LogP contribution is -2.23. The molecule has 4 nitrogen and oxygen atoms in total. The van der Waals surface area contributed by atoms with E-state index >= 15 is 0 Å². The number of rotatable bonds is 4. The monoisotopic (exact) mass is 270 g/mol. The average Bonchev–Trinajstić information content (AvgIpc) is 3.07. The molecule has 0 aliphatic carbocycles. The first-order valence-electron chi connectivity index (χ1n) is 7.20. The average molecular weight is 270 g/mol. The predicted molar refractivity (Wildman–Crippen MR) is 80.2 cm³/mol. The van der Waals surface area contributed by atoms with Crippen LogP contribution in [0.25, 0.3) is 0 Å². The number of aryl methyl sites for hydroxylation is 1. The maximum atomic E-state index is 5.98. The van der Waals surface area contributed by atoms with Gasteiger partial charge in [0, 0.05) is 38.8 Å². The van der Waals surface area contributed by atoms with Crippen LogP contribution in [-0.2, 0) is 13.6 Å². The normalized spacial score (nSPS) is 23.3. The van der Waals surface area contributed by atoms with Crippen molar-refractivity contribution in [2.45, 2.75) is 12.5 Å². The maximum Gasteiger partial charge on any atom is 0.0945 e. The van der Waals surface area contributed by atoms with Crippen molar-refractivity contribution in [2.75, 3.05) is 19.6 Å². The van der Waals surface area contributed by atoms with Crippen LogP contribution in [0.15, 0.2) is 42.9 Å². The Labute approximate surface area is 120 Å². The van der Waals surface area contributed by atoms with Crippen LogP contribution >= 0.6 is 0 Å². The van der Waals surface area contributed by atoms with E-state index in [0.717, 1.165) is 26.2 Å². The first-order chi connectivity index (χ1) is 9.78. The summed E-state index contributed by atoms with van der Waals surface area (Å²) in [7, 11) is 2.05. The van der Waals surface area contributed by atoms with Gasteiger partial charge in [-0.3, -0.25) is 4.90 Å². The molecule has 3 rings (SSSR count). The molecule has 1 aromatic carbocycles. The van der Waals surface area contributed by atoms with Crippen LogP contribution in [0, 0.1) is 5.92 Å². The van der Waals surface area contributed by atoms with Crippen LogP contribution in [0.3, 0.4) is 0 Å². The molecule has 2 atom stereocenters. The molecule has 0 spiro atoms. The lowest BCUT2D eigenvalue weighted by molar-refractivity contribution is 0.309. The minimum atomic E-state index is 0.547. The Hall–Kier alpha value is -1.65. The van der Waals surface area contributed by atoms with E-state index in [1.807, 2.05) is 19.6 Å². The summed E-state index contributed by atoms with van der Waals surface area (Å²) in [5.74, 6) is 1.10. The fourth-order valence-electron chi connectivity index (χ4n) is 3.17. The van der Waals surface area contributed by atoms with Crippen LogP contribution in [0.1, 0.15) is 17.2 Å². The number of aromatic nitrogens is 2. The fraction of sp³-hybridized carbons (Fsp3) is 0.438. The first kappa shape index (κ1) is 13.3. The minimum absolute atomic E-state index is 0.547. The second kappa shape index (κ2) is 5.77. The Kier molecular flexibility index (Phi) is 3.85. The van der Waals surface area contributed by atoms with Crippen molar-refractivity contribution in [3.05, 3.63) is 54.1 Å². The number of nitrogens with zero attached hydrogens (tertiary/aromatic N) is 3. The van der Waals surface area contributed by atoms with Gasteiger partial charge in [0.25, 0.3) is 0 Å². The van der Waals surface area contributed by atoms with Gasteiger partial charge in [-0.1, -0.05) is 30.3 Å². The summed E-state index contributed by atoms with van der Waals surface area (Å²) in [6, 6.07) is 10.8. The van der Waals surface area contributed by atoms with Gasteiger partial charge in [0.2, 0.25) is 0 Å². The highest BCUT2D eigenvalue weighted by Crippen LogP contribution is 2.32. The third-order valence-corrected chi connectivity index (χ3v) is 4.35. The Bertz CT molecular complexity index is 549. The summed E-state index contributed by atoms with van der Waals surface area (Å²) < 4.78 is 2.09. The molecule has 4 heteroatoms. The number of benzene rings is 1. The van der Waals surface area contributed by atoms with Crippen LogP contribution in [0.4, 0.5) is 0 Å². The summed E-state index contributed by atoms with van der Waals surface area (Å²) in [4.78, 5) is 6.68. The molecule has 1 aliphatic heterocycles. The third-order valence-electron chi connectivity index (χ3n) is 4.35. The zero-order valence-corrected chi connectivity index (χ0v) is 11.9. The number of nitrogens with two attached hydrogens (primary N) is 1. The molecule has 1 aliphatic rings. The highest BCUT2D eigenvalue weighted by Gasteiger charge is 2.32. The molecule has 0 saturated carbocycles. The molecule has 1 saturated heterocycles. The van der Waals surface area contributed by atoms with Gasteiger partial charge >= 0.3 is 0 Å². The van der Waals surface area contributed by atoms with Gasteiger partial charge in [0.15, 0.2) is 0 Å². The summed E-state index contributed by atoms with van der Waals surface area (Å²) in [6.07, 6.45) is 3.81. The Morgan fingerprint density at radius 2 is 2.05 bits per heavy atom. The van der Waals surface area contributed by atoms with Crippen LogP contribution < -0.4 is 5.73 Å². The quantitative estimate of drug-likeness (QED) is 0.918. The van der Waals surface area contributed by atoms with E-state index in [9.17, 15) is 0 Å². The van der Waals surface area contributed by atoms with E-state index < -0.39 is 0 Å². The smallest absolute Gasteiger partial charge is 0.0945 e. The molecular formula is C16H22N4. The van der Waals surface area contributed by atoms with Crippen molar-refractivity contribution in [2.24, 2.45) is 18.7 Å². The van der Waals surface area contributed by atoms with E-state index in [4.69, 9.17) is 5.73 Å². The molecule has 1 fully saturated rings. The Balaban J connectivity index is 1.73. The molecule has 1 aromatic heterocycles. The molecule has 2 aromatic rings. The topological polar surface area (TPSA) is 47.1 Å². The van der Waals surface area contributed by atoms with Crippen molar-refractivity contribution >= 4 is 0 Å². The number of hydrogen-bond acceptors (Lipinski definition) is 3. The van der Waals surface area contributed by atoms with Gasteiger partial charge < -0.3 is 10.3 Å². The van der Waals surface area contributed by atoms with Gasteiger partial charge in [-0.25, -0.2) is 4.98 Å². The lowest BCUT2D eigenvalue weighted by atomic mass is 9.89. The van der Waals surface area contributed by atoms with Gasteiger partial charge in [-0.15, -0.1) is 0 Å². The molecule has 106 valence electrons. The summed E-state index contributed by atoms with van der Waals surface area (Å²) in [5, 5.41) is 0. The van der Waals surface area contributed by atoms with Crippen molar-refractivity contribution in [1.82, 2.24) is 14.5 Å². The first-order valence-corrected chi connectivity index (χ1v) is 7.20. The zero-order valence-electron chi connectivity index (χ0n) is 11.9. The molecule has 0 amide bonds. The molecule has 2 heterocycles. The number of likely N-dealkylation sites (tertiary alicyclic amines) is 1. The largest absolute Gasteiger partial charge is 0.337 e. The van der Waals surface area contributed by atoms with Gasteiger partial charge in [-0.2, -0.15) is 0 Å². The zero-order chi connectivity index (χ0) is 13.9. The Morgan fingerprint density at radius 3 is 2.70 bits per heavy atom. The van der Waals surface area contributed by atoms with Gasteiger partial charge in [0.05, 0.1) is 12.0 Å². The van der Waals surface area contributed by atoms with Gasteiger partial charge in [0.1, 0.15) is 0 Å².